The smallest absolute Gasteiger partial charge is 0.269 e. The highest BCUT2D eigenvalue weighted by Crippen LogP contribution is 2.45. The number of nitro groups is 1. The molecule has 0 atom stereocenters. The van der Waals surface area contributed by atoms with Crippen molar-refractivity contribution >= 4 is 40.4 Å². The predicted octanol–water partition coefficient (Wildman–Crippen LogP) is 4.89. The van der Waals surface area contributed by atoms with Crippen LogP contribution < -0.4 is 4.90 Å². The molecule has 0 spiro atoms. The Morgan fingerprint density at radius 1 is 1.00 bits per heavy atom. The second kappa shape index (κ2) is 7.77. The predicted molar refractivity (Wildman–Crippen MR) is 121 cm³/mol. The van der Waals surface area contributed by atoms with Gasteiger partial charge in [0.1, 0.15) is 0 Å². The van der Waals surface area contributed by atoms with Crippen LogP contribution in [0, 0.1) is 10.1 Å². The molecule has 6 nitrogen and oxygen atoms in total. The van der Waals surface area contributed by atoms with E-state index in [1.807, 2.05) is 22.7 Å². The maximum absolute atomic E-state index is 13.1. The van der Waals surface area contributed by atoms with E-state index in [0.29, 0.717) is 26.2 Å². The first-order chi connectivity index (χ1) is 14.6. The molecule has 2 aromatic carbocycles. The number of hydrogen-bond acceptors (Lipinski definition) is 6. The Morgan fingerprint density at radius 2 is 1.73 bits per heavy atom. The van der Waals surface area contributed by atoms with Crippen molar-refractivity contribution in [3.05, 3.63) is 75.2 Å². The standard InChI is InChI=1S/C22H19N3O3S2/c26-22(20-13-15-14-29-19-4-2-1-3-18(19)21(15)30-20)24-11-9-23(10-12-24)16-5-7-17(8-6-16)25(27)28/h1-8,13H,9-12,14H2. The number of thiophene rings is 1. The van der Waals surface area contributed by atoms with Crippen LogP contribution in [0.2, 0.25) is 0 Å². The van der Waals surface area contributed by atoms with Crippen molar-refractivity contribution in [2.75, 3.05) is 31.1 Å². The molecule has 2 aliphatic rings. The lowest BCUT2D eigenvalue weighted by Gasteiger charge is -2.35. The van der Waals surface area contributed by atoms with E-state index in [0.717, 1.165) is 16.3 Å². The molecule has 152 valence electrons. The second-order valence-corrected chi connectivity index (χ2v) is 9.37. The van der Waals surface area contributed by atoms with Gasteiger partial charge < -0.3 is 9.80 Å². The third-order valence-electron chi connectivity index (χ3n) is 5.53. The molecule has 0 aliphatic carbocycles. The van der Waals surface area contributed by atoms with Gasteiger partial charge in [-0.2, -0.15) is 0 Å². The summed E-state index contributed by atoms with van der Waals surface area (Å²) in [5.74, 6) is 1.00. The summed E-state index contributed by atoms with van der Waals surface area (Å²) in [6.45, 7) is 2.72. The zero-order chi connectivity index (χ0) is 20.7. The van der Waals surface area contributed by atoms with Gasteiger partial charge in [0.2, 0.25) is 0 Å². The third kappa shape index (κ3) is 3.46. The van der Waals surface area contributed by atoms with Gasteiger partial charge >= 0.3 is 0 Å². The first kappa shape index (κ1) is 19.1. The van der Waals surface area contributed by atoms with E-state index in [4.69, 9.17) is 0 Å². The molecule has 3 heterocycles. The van der Waals surface area contributed by atoms with E-state index in [9.17, 15) is 14.9 Å². The van der Waals surface area contributed by atoms with Gasteiger partial charge in [0.25, 0.3) is 11.6 Å². The molecule has 1 amide bonds. The van der Waals surface area contributed by atoms with Crippen molar-refractivity contribution in [3.63, 3.8) is 0 Å². The number of amides is 1. The molecule has 30 heavy (non-hydrogen) atoms. The fraction of sp³-hybridized carbons (Fsp3) is 0.227. The van der Waals surface area contributed by atoms with Crippen molar-refractivity contribution in [1.82, 2.24) is 4.90 Å². The number of nitro benzene ring substituents is 1. The van der Waals surface area contributed by atoms with E-state index >= 15 is 0 Å². The maximum Gasteiger partial charge on any atom is 0.269 e. The molecule has 0 saturated carbocycles. The van der Waals surface area contributed by atoms with Gasteiger partial charge in [0.05, 0.1) is 9.80 Å². The number of non-ortho nitro benzene ring substituents is 1. The Hall–Kier alpha value is -2.84. The second-order valence-electron chi connectivity index (χ2n) is 7.30. The molecule has 1 saturated heterocycles. The highest BCUT2D eigenvalue weighted by Gasteiger charge is 2.27. The molecule has 1 aromatic heterocycles. The largest absolute Gasteiger partial charge is 0.368 e. The number of nitrogens with zero attached hydrogens (tertiary/aromatic N) is 3. The summed E-state index contributed by atoms with van der Waals surface area (Å²) in [4.78, 5) is 31.0. The first-order valence-electron chi connectivity index (χ1n) is 9.74. The van der Waals surface area contributed by atoms with Gasteiger partial charge in [0.15, 0.2) is 0 Å². The fourth-order valence-electron chi connectivity index (χ4n) is 3.91. The fourth-order valence-corrected chi connectivity index (χ4v) is 6.30. The summed E-state index contributed by atoms with van der Waals surface area (Å²) in [7, 11) is 0. The van der Waals surface area contributed by atoms with Crippen LogP contribution in [0.15, 0.2) is 59.5 Å². The molecular weight excluding hydrogens is 418 g/mol. The van der Waals surface area contributed by atoms with E-state index in [2.05, 4.69) is 29.2 Å². The van der Waals surface area contributed by atoms with Crippen molar-refractivity contribution in [1.29, 1.82) is 0 Å². The van der Waals surface area contributed by atoms with Crippen LogP contribution in [0.4, 0.5) is 11.4 Å². The van der Waals surface area contributed by atoms with Crippen LogP contribution >= 0.6 is 23.1 Å². The molecule has 2 aliphatic heterocycles. The third-order valence-corrected chi connectivity index (χ3v) is 7.85. The number of carbonyl (C=O) groups is 1. The monoisotopic (exact) mass is 437 g/mol. The molecule has 1 fully saturated rings. The molecule has 0 radical (unpaired) electrons. The lowest BCUT2D eigenvalue weighted by atomic mass is 10.1. The minimum Gasteiger partial charge on any atom is -0.368 e. The molecule has 0 N–H and O–H groups in total. The lowest BCUT2D eigenvalue weighted by molar-refractivity contribution is -0.384. The van der Waals surface area contributed by atoms with Gasteiger partial charge in [-0.1, -0.05) is 18.2 Å². The number of piperazine rings is 1. The molecule has 0 unspecified atom stereocenters. The number of hydrogen-bond donors (Lipinski definition) is 0. The van der Waals surface area contributed by atoms with Gasteiger partial charge in [-0.05, 0) is 29.8 Å². The van der Waals surface area contributed by atoms with Crippen LogP contribution in [0.5, 0.6) is 0 Å². The minimum atomic E-state index is -0.391. The Bertz CT molecular complexity index is 1120. The summed E-state index contributed by atoms with van der Waals surface area (Å²) in [5, 5.41) is 10.8. The van der Waals surface area contributed by atoms with Crippen LogP contribution in [0.3, 0.4) is 0 Å². The number of fused-ring (bicyclic) bond motifs is 3. The quantitative estimate of drug-likeness (QED) is 0.431. The zero-order valence-electron chi connectivity index (χ0n) is 16.1. The highest BCUT2D eigenvalue weighted by molar-refractivity contribution is 7.98. The van der Waals surface area contributed by atoms with E-state index < -0.39 is 4.92 Å². The molecular formula is C22H19N3O3S2. The van der Waals surface area contributed by atoms with Crippen LogP contribution in [0.1, 0.15) is 15.2 Å². The number of anilines is 1. The number of benzene rings is 2. The number of thioether (sulfide) groups is 1. The van der Waals surface area contributed by atoms with Gasteiger partial charge in [-0.15, -0.1) is 23.1 Å². The van der Waals surface area contributed by atoms with Crippen molar-refractivity contribution in [2.24, 2.45) is 0 Å². The SMILES string of the molecule is O=C(c1cc2c(s1)-c1ccccc1SC2)N1CCN(c2ccc([N+](=O)[O-])cc2)CC1. The first-order valence-corrected chi connectivity index (χ1v) is 11.5. The van der Waals surface area contributed by atoms with Crippen molar-refractivity contribution in [2.45, 2.75) is 10.6 Å². The summed E-state index contributed by atoms with van der Waals surface area (Å²) in [6.07, 6.45) is 0. The lowest BCUT2D eigenvalue weighted by Crippen LogP contribution is -2.48. The Kier molecular flexibility index (Phi) is 4.96. The van der Waals surface area contributed by atoms with Crippen LogP contribution in [-0.4, -0.2) is 41.9 Å². The number of rotatable bonds is 3. The Morgan fingerprint density at radius 3 is 2.47 bits per heavy atom. The number of carbonyl (C=O) groups excluding carboxylic acids is 1. The van der Waals surface area contributed by atoms with Crippen LogP contribution in [-0.2, 0) is 5.75 Å². The summed E-state index contributed by atoms with van der Waals surface area (Å²) in [5.41, 5.74) is 3.52. The Labute approximate surface area is 182 Å². The van der Waals surface area contributed by atoms with Crippen molar-refractivity contribution < 1.29 is 9.72 Å². The van der Waals surface area contributed by atoms with Gasteiger partial charge in [0, 0.05) is 65.1 Å². The molecule has 5 rings (SSSR count). The summed E-state index contributed by atoms with van der Waals surface area (Å²) >= 11 is 3.42. The van der Waals surface area contributed by atoms with E-state index in [1.165, 1.54) is 33.0 Å². The maximum atomic E-state index is 13.1. The molecule has 3 aromatic rings. The summed E-state index contributed by atoms with van der Waals surface area (Å²) < 4.78 is 0. The highest BCUT2D eigenvalue weighted by atomic mass is 32.2. The van der Waals surface area contributed by atoms with E-state index in [-0.39, 0.29) is 11.6 Å². The van der Waals surface area contributed by atoms with Crippen molar-refractivity contribution in [3.8, 4) is 10.4 Å². The van der Waals surface area contributed by atoms with E-state index in [1.54, 1.807) is 23.5 Å². The minimum absolute atomic E-state index is 0.0916. The van der Waals surface area contributed by atoms with Gasteiger partial charge in [-0.25, -0.2) is 0 Å². The summed E-state index contributed by atoms with van der Waals surface area (Å²) in [6, 6.07) is 17.0. The Balaban J connectivity index is 1.28. The average molecular weight is 438 g/mol. The molecule has 0 bridgehead atoms. The zero-order valence-corrected chi connectivity index (χ0v) is 17.7. The average Bonchev–Trinajstić information content (AvgIpc) is 3.24. The van der Waals surface area contributed by atoms with Gasteiger partial charge in [-0.3, -0.25) is 14.9 Å². The topological polar surface area (TPSA) is 66.7 Å². The van der Waals surface area contributed by atoms with Crippen LogP contribution in [0.25, 0.3) is 10.4 Å². The normalized spacial score (nSPS) is 15.5. The molecule has 8 heteroatoms.